The summed E-state index contributed by atoms with van der Waals surface area (Å²) in [6.45, 7) is 0. The second-order valence-corrected chi connectivity index (χ2v) is 2.30. The predicted molar refractivity (Wildman–Crippen MR) is 39.8 cm³/mol. The van der Waals surface area contributed by atoms with Crippen molar-refractivity contribution in [3.63, 3.8) is 0 Å². The first kappa shape index (κ1) is 12.3. The van der Waals surface area contributed by atoms with Crippen LogP contribution in [-0.2, 0) is 0 Å². The van der Waals surface area contributed by atoms with Gasteiger partial charge in [0.1, 0.15) is 5.75 Å². The number of non-ortho nitro benzene ring substituents is 1. The minimum atomic E-state index is -0.578. The average Bonchev–Trinajstić information content (AvgIpc) is 1.94. The molecule has 0 atom stereocenters. The van der Waals surface area contributed by atoms with Crippen molar-refractivity contribution >= 4 is 17.3 Å². The Balaban J connectivity index is 0.00000121. The third-order valence-corrected chi connectivity index (χ3v) is 1.44. The molecule has 0 heterocycles. The smallest absolute Gasteiger partial charge is 0.506 e. The fourth-order valence-electron chi connectivity index (χ4n) is 0.609. The Morgan fingerprint density at radius 1 is 1.50 bits per heavy atom. The maximum absolute atomic E-state index is 10.1. The molecule has 0 fully saturated rings. The summed E-state index contributed by atoms with van der Waals surface area (Å²) in [5, 5.41) is 19.0. The van der Waals surface area contributed by atoms with E-state index >= 15 is 0 Å². The van der Waals surface area contributed by atoms with Crippen LogP contribution in [0.3, 0.4) is 0 Å². The minimum Gasteiger partial charge on any atom is -0.506 e. The molecule has 0 saturated heterocycles. The molecule has 0 saturated carbocycles. The van der Waals surface area contributed by atoms with Gasteiger partial charge in [0.05, 0.1) is 9.95 Å². The van der Waals surface area contributed by atoms with Crippen LogP contribution >= 0.6 is 11.6 Å². The third-order valence-electron chi connectivity index (χ3n) is 1.14. The van der Waals surface area contributed by atoms with E-state index < -0.39 is 4.92 Å². The fourth-order valence-corrected chi connectivity index (χ4v) is 0.784. The molecular formula is C6H4ClKNO3+. The number of phenols is 1. The van der Waals surface area contributed by atoms with Gasteiger partial charge in [-0.3, -0.25) is 10.1 Å². The molecule has 0 unspecified atom stereocenters. The number of nitrogens with zero attached hydrogens (tertiary/aromatic N) is 1. The van der Waals surface area contributed by atoms with Crippen LogP contribution in [-0.4, -0.2) is 10.0 Å². The minimum absolute atomic E-state index is 0. The van der Waals surface area contributed by atoms with Gasteiger partial charge in [0.2, 0.25) is 0 Å². The van der Waals surface area contributed by atoms with Crippen LogP contribution < -0.4 is 51.4 Å². The van der Waals surface area contributed by atoms with E-state index in [2.05, 4.69) is 0 Å². The van der Waals surface area contributed by atoms with Crippen LogP contribution in [0.4, 0.5) is 5.69 Å². The van der Waals surface area contributed by atoms with E-state index in [0.29, 0.717) is 0 Å². The van der Waals surface area contributed by atoms with Crippen LogP contribution in [0.5, 0.6) is 5.75 Å². The van der Waals surface area contributed by atoms with Crippen LogP contribution in [0.2, 0.25) is 5.02 Å². The van der Waals surface area contributed by atoms with Gasteiger partial charge in [-0.1, -0.05) is 11.6 Å². The molecule has 1 aromatic rings. The Hall–Kier alpha value is 0.346. The SMILES string of the molecule is O=[N+]([O-])c1ccc(O)c(Cl)c1.[K+]. The molecular weight excluding hydrogens is 209 g/mol. The van der Waals surface area contributed by atoms with Crippen LogP contribution in [0, 0.1) is 10.1 Å². The molecule has 0 aromatic heterocycles. The maximum Gasteiger partial charge on any atom is 1.00 e. The van der Waals surface area contributed by atoms with Crippen molar-refractivity contribution in [3.8, 4) is 5.75 Å². The Bertz CT molecular complexity index is 305. The molecule has 4 nitrogen and oxygen atoms in total. The quantitative estimate of drug-likeness (QED) is 0.367. The first-order chi connectivity index (χ1) is 5.11. The largest absolute Gasteiger partial charge is 1.00 e. The first-order valence-corrected chi connectivity index (χ1v) is 3.12. The van der Waals surface area contributed by atoms with Crippen LogP contribution in [0.15, 0.2) is 18.2 Å². The number of phenolic OH excluding ortho intramolecular Hbond substituents is 1. The van der Waals surface area contributed by atoms with Crippen LogP contribution in [0.1, 0.15) is 0 Å². The number of nitro groups is 1. The van der Waals surface area contributed by atoms with Crippen molar-refractivity contribution in [1.29, 1.82) is 0 Å². The van der Waals surface area contributed by atoms with Crippen LogP contribution in [0.25, 0.3) is 0 Å². The summed E-state index contributed by atoms with van der Waals surface area (Å²) in [6.07, 6.45) is 0. The molecule has 58 valence electrons. The number of benzene rings is 1. The van der Waals surface area contributed by atoms with E-state index in [-0.39, 0.29) is 67.8 Å². The molecule has 1 N–H and O–H groups in total. The zero-order chi connectivity index (χ0) is 8.43. The van der Waals surface area contributed by atoms with Gasteiger partial charge in [0.15, 0.2) is 0 Å². The summed E-state index contributed by atoms with van der Waals surface area (Å²) in [7, 11) is 0. The van der Waals surface area contributed by atoms with E-state index in [0.717, 1.165) is 6.07 Å². The number of hydrogen-bond donors (Lipinski definition) is 1. The molecule has 0 amide bonds. The average molecular weight is 213 g/mol. The Morgan fingerprint density at radius 3 is 2.50 bits per heavy atom. The third kappa shape index (κ3) is 3.00. The Morgan fingerprint density at radius 2 is 2.08 bits per heavy atom. The summed E-state index contributed by atoms with van der Waals surface area (Å²) in [5.41, 5.74) is -0.132. The van der Waals surface area contributed by atoms with Gasteiger partial charge >= 0.3 is 51.4 Å². The second kappa shape index (κ2) is 5.16. The summed E-state index contributed by atoms with van der Waals surface area (Å²) in [6, 6.07) is 3.46. The van der Waals surface area contributed by atoms with Gasteiger partial charge in [-0.15, -0.1) is 0 Å². The molecule has 6 heteroatoms. The summed E-state index contributed by atoms with van der Waals surface area (Å²) in [5.74, 6) is -0.155. The summed E-state index contributed by atoms with van der Waals surface area (Å²) < 4.78 is 0. The predicted octanol–water partition coefficient (Wildman–Crippen LogP) is -1.04. The van der Waals surface area contributed by atoms with Gasteiger partial charge < -0.3 is 5.11 Å². The van der Waals surface area contributed by atoms with Crippen molar-refractivity contribution in [1.82, 2.24) is 0 Å². The molecule has 1 aromatic carbocycles. The molecule has 0 spiro atoms. The zero-order valence-electron chi connectivity index (χ0n) is 6.32. The Kier molecular flexibility index (Phi) is 5.31. The monoisotopic (exact) mass is 212 g/mol. The van der Waals surface area contributed by atoms with Gasteiger partial charge in [0.25, 0.3) is 5.69 Å². The summed E-state index contributed by atoms with van der Waals surface area (Å²) in [4.78, 5) is 9.55. The fraction of sp³-hybridized carbons (Fsp3) is 0. The molecule has 0 bridgehead atoms. The van der Waals surface area contributed by atoms with Gasteiger partial charge in [0, 0.05) is 12.1 Å². The first-order valence-electron chi connectivity index (χ1n) is 2.74. The number of rotatable bonds is 1. The second-order valence-electron chi connectivity index (χ2n) is 1.89. The van der Waals surface area contributed by atoms with E-state index in [1.807, 2.05) is 0 Å². The number of aromatic hydroxyl groups is 1. The van der Waals surface area contributed by atoms with E-state index in [9.17, 15) is 10.1 Å². The van der Waals surface area contributed by atoms with E-state index in [1.54, 1.807) is 0 Å². The van der Waals surface area contributed by atoms with Gasteiger partial charge in [-0.2, -0.15) is 0 Å². The van der Waals surface area contributed by atoms with Gasteiger partial charge in [-0.25, -0.2) is 0 Å². The van der Waals surface area contributed by atoms with Gasteiger partial charge in [-0.05, 0) is 6.07 Å². The van der Waals surface area contributed by atoms with Crippen molar-refractivity contribution < 1.29 is 61.4 Å². The van der Waals surface area contributed by atoms with Crippen molar-refractivity contribution in [2.75, 3.05) is 0 Å². The Labute approximate surface area is 116 Å². The van der Waals surface area contributed by atoms with Crippen molar-refractivity contribution in [2.45, 2.75) is 0 Å². The zero-order valence-corrected chi connectivity index (χ0v) is 10.2. The van der Waals surface area contributed by atoms with Crippen molar-refractivity contribution in [3.05, 3.63) is 33.3 Å². The maximum atomic E-state index is 10.1. The van der Waals surface area contributed by atoms with E-state index in [1.165, 1.54) is 12.1 Å². The number of nitro benzene ring substituents is 1. The summed E-state index contributed by atoms with van der Waals surface area (Å²) >= 11 is 5.40. The molecule has 0 aliphatic heterocycles. The molecule has 12 heavy (non-hydrogen) atoms. The number of halogens is 1. The normalized spacial score (nSPS) is 8.75. The number of hydrogen-bond acceptors (Lipinski definition) is 3. The van der Waals surface area contributed by atoms with Crippen molar-refractivity contribution in [2.24, 2.45) is 0 Å². The van der Waals surface area contributed by atoms with E-state index in [4.69, 9.17) is 16.7 Å². The molecule has 0 radical (unpaired) electrons. The molecule has 1 rings (SSSR count). The topological polar surface area (TPSA) is 63.4 Å². The molecule has 0 aliphatic carbocycles. The molecule has 0 aliphatic rings. The standard InChI is InChI=1S/C6H4ClNO3.K/c7-5-3-4(8(10)11)1-2-6(5)9;/h1-3,9H;/q;+1.